The van der Waals surface area contributed by atoms with Crippen molar-refractivity contribution in [3.8, 4) is 0 Å². The Balaban J connectivity index is 2.30. The van der Waals surface area contributed by atoms with Crippen LogP contribution in [0.1, 0.15) is 53.4 Å². The predicted octanol–water partition coefficient (Wildman–Crippen LogP) is 2.82. The maximum absolute atomic E-state index is 12.5. The van der Waals surface area contributed by atoms with Crippen LogP contribution in [0.5, 0.6) is 0 Å². The van der Waals surface area contributed by atoms with Crippen LogP contribution in [0.15, 0.2) is 22.5 Å². The highest BCUT2D eigenvalue weighted by Crippen LogP contribution is 2.39. The van der Waals surface area contributed by atoms with Gasteiger partial charge in [-0.15, -0.1) is 0 Å². The summed E-state index contributed by atoms with van der Waals surface area (Å²) in [5, 5.41) is 0. The number of fused-ring (bicyclic) bond motifs is 1. The topological polar surface area (TPSA) is 40.6 Å². The van der Waals surface area contributed by atoms with E-state index in [-0.39, 0.29) is 11.8 Å². The molecule has 0 fully saturated rings. The van der Waals surface area contributed by atoms with Gasteiger partial charge < -0.3 is 9.80 Å². The van der Waals surface area contributed by atoms with Crippen LogP contribution in [-0.2, 0) is 9.59 Å². The van der Waals surface area contributed by atoms with Crippen LogP contribution in [0.25, 0.3) is 0 Å². The number of rotatable bonds is 6. The zero-order valence-corrected chi connectivity index (χ0v) is 13.0. The highest BCUT2D eigenvalue weighted by Gasteiger charge is 2.44. The molecule has 0 saturated heterocycles. The number of carbonyl (C=O) groups is 2. The lowest BCUT2D eigenvalue weighted by Crippen LogP contribution is -2.30. The summed E-state index contributed by atoms with van der Waals surface area (Å²) in [5.74, 6) is 0.0200. The third-order valence-electron chi connectivity index (χ3n) is 4.17. The van der Waals surface area contributed by atoms with Gasteiger partial charge in [0.25, 0.3) is 11.8 Å². The minimum absolute atomic E-state index is 0.01000. The van der Waals surface area contributed by atoms with Crippen molar-refractivity contribution in [1.29, 1.82) is 0 Å². The van der Waals surface area contributed by atoms with E-state index in [1.54, 1.807) is 9.80 Å². The molecule has 0 atom stereocenters. The fraction of sp³-hybridized carbons (Fsp3) is 0.625. The first-order valence-electron chi connectivity index (χ1n) is 7.60. The summed E-state index contributed by atoms with van der Waals surface area (Å²) in [7, 11) is 0. The molecule has 2 heterocycles. The van der Waals surface area contributed by atoms with Crippen LogP contribution >= 0.6 is 0 Å². The Labute approximate surface area is 121 Å². The number of carbonyl (C=O) groups excluding carboxylic acids is 2. The molecule has 0 spiro atoms. The second-order valence-corrected chi connectivity index (χ2v) is 5.54. The third kappa shape index (κ3) is 2.17. The van der Waals surface area contributed by atoms with E-state index < -0.39 is 0 Å². The summed E-state index contributed by atoms with van der Waals surface area (Å²) in [6, 6.07) is 0. The summed E-state index contributed by atoms with van der Waals surface area (Å²) >= 11 is 0. The Morgan fingerprint density at radius 3 is 1.40 bits per heavy atom. The summed E-state index contributed by atoms with van der Waals surface area (Å²) in [6.07, 6.45) is 4.02. The van der Waals surface area contributed by atoms with E-state index in [2.05, 4.69) is 13.8 Å². The quantitative estimate of drug-likeness (QED) is 0.748. The molecule has 2 aliphatic heterocycles. The van der Waals surface area contributed by atoms with Gasteiger partial charge in [-0.25, -0.2) is 0 Å². The number of nitrogens with zero attached hydrogens (tertiary/aromatic N) is 2. The molecule has 110 valence electrons. The summed E-state index contributed by atoms with van der Waals surface area (Å²) in [6.45, 7) is 9.42. The van der Waals surface area contributed by atoms with Crippen LogP contribution in [-0.4, -0.2) is 34.7 Å². The first kappa shape index (κ1) is 14.8. The van der Waals surface area contributed by atoms with E-state index in [1.807, 2.05) is 13.8 Å². The maximum atomic E-state index is 12.5. The molecule has 20 heavy (non-hydrogen) atoms. The van der Waals surface area contributed by atoms with Gasteiger partial charge in [0.1, 0.15) is 0 Å². The number of hydrogen-bond donors (Lipinski definition) is 0. The molecule has 0 saturated carbocycles. The van der Waals surface area contributed by atoms with Crippen molar-refractivity contribution in [2.45, 2.75) is 53.4 Å². The van der Waals surface area contributed by atoms with Crippen molar-refractivity contribution >= 4 is 11.8 Å². The molecular formula is C16H24N2O2. The van der Waals surface area contributed by atoms with Gasteiger partial charge in [-0.1, -0.05) is 26.7 Å². The number of hydrogen-bond acceptors (Lipinski definition) is 2. The zero-order valence-electron chi connectivity index (χ0n) is 13.0. The van der Waals surface area contributed by atoms with E-state index in [1.165, 1.54) is 0 Å². The SMILES string of the molecule is CCCCN1C(=O)C2=C(C)N(CCCC)C(=O)C2=C1C. The number of amides is 2. The second kappa shape index (κ2) is 5.81. The van der Waals surface area contributed by atoms with Crippen LogP contribution in [0.3, 0.4) is 0 Å². The van der Waals surface area contributed by atoms with Crippen LogP contribution < -0.4 is 0 Å². The zero-order chi connectivity index (χ0) is 14.9. The third-order valence-corrected chi connectivity index (χ3v) is 4.17. The molecule has 0 N–H and O–H groups in total. The Morgan fingerprint density at radius 1 is 0.750 bits per heavy atom. The van der Waals surface area contributed by atoms with E-state index in [0.717, 1.165) is 37.1 Å². The van der Waals surface area contributed by atoms with Gasteiger partial charge in [0.2, 0.25) is 0 Å². The predicted molar refractivity (Wildman–Crippen MR) is 78.6 cm³/mol. The van der Waals surface area contributed by atoms with Gasteiger partial charge in [-0.3, -0.25) is 9.59 Å². The van der Waals surface area contributed by atoms with Crippen molar-refractivity contribution in [2.75, 3.05) is 13.1 Å². The lowest BCUT2D eigenvalue weighted by Gasteiger charge is -2.22. The van der Waals surface area contributed by atoms with E-state index in [4.69, 9.17) is 0 Å². The van der Waals surface area contributed by atoms with Gasteiger partial charge in [-0.2, -0.15) is 0 Å². The average molecular weight is 276 g/mol. The molecule has 4 nitrogen and oxygen atoms in total. The van der Waals surface area contributed by atoms with Crippen LogP contribution in [0, 0.1) is 0 Å². The van der Waals surface area contributed by atoms with Crippen LogP contribution in [0.4, 0.5) is 0 Å². The van der Waals surface area contributed by atoms with Gasteiger partial charge in [0.05, 0.1) is 11.1 Å². The Hall–Kier alpha value is -1.58. The number of allylic oxidation sites excluding steroid dienone is 2. The molecule has 2 rings (SSSR count). The molecule has 0 aliphatic carbocycles. The Bertz CT molecular complexity index is 457. The lowest BCUT2D eigenvalue weighted by atomic mass is 10.1. The van der Waals surface area contributed by atoms with Gasteiger partial charge in [0.15, 0.2) is 0 Å². The van der Waals surface area contributed by atoms with E-state index in [0.29, 0.717) is 24.2 Å². The average Bonchev–Trinajstić information content (AvgIpc) is 2.82. The molecule has 0 aromatic rings. The van der Waals surface area contributed by atoms with Crippen molar-refractivity contribution in [3.05, 3.63) is 22.5 Å². The Kier molecular flexibility index (Phi) is 4.31. The first-order valence-corrected chi connectivity index (χ1v) is 7.60. The minimum Gasteiger partial charge on any atom is -0.312 e. The summed E-state index contributed by atoms with van der Waals surface area (Å²) in [4.78, 5) is 28.6. The number of unbranched alkanes of at least 4 members (excludes halogenated alkanes) is 2. The van der Waals surface area contributed by atoms with Gasteiger partial charge in [0, 0.05) is 24.5 Å². The second-order valence-electron chi connectivity index (χ2n) is 5.54. The minimum atomic E-state index is 0.01000. The largest absolute Gasteiger partial charge is 0.312 e. The normalized spacial score (nSPS) is 18.8. The maximum Gasteiger partial charge on any atom is 0.260 e. The molecule has 0 unspecified atom stereocenters. The fourth-order valence-corrected chi connectivity index (χ4v) is 2.90. The molecule has 2 amide bonds. The van der Waals surface area contributed by atoms with Crippen molar-refractivity contribution in [3.63, 3.8) is 0 Å². The standard InChI is InChI=1S/C16H24N2O2/c1-5-7-9-17-11(3)13-14(15(17)19)12(4)18(16(13)20)10-8-6-2/h5-10H2,1-4H3. The van der Waals surface area contributed by atoms with Gasteiger partial charge in [-0.05, 0) is 26.7 Å². The van der Waals surface area contributed by atoms with Crippen LogP contribution in [0.2, 0.25) is 0 Å². The highest BCUT2D eigenvalue weighted by molar-refractivity contribution is 6.19. The molecule has 0 radical (unpaired) electrons. The van der Waals surface area contributed by atoms with Gasteiger partial charge >= 0.3 is 0 Å². The molecule has 4 heteroatoms. The summed E-state index contributed by atoms with van der Waals surface area (Å²) in [5.41, 5.74) is 2.95. The monoisotopic (exact) mass is 276 g/mol. The highest BCUT2D eigenvalue weighted by atomic mass is 16.2. The van der Waals surface area contributed by atoms with Crippen molar-refractivity contribution < 1.29 is 9.59 Å². The lowest BCUT2D eigenvalue weighted by molar-refractivity contribution is -0.124. The van der Waals surface area contributed by atoms with E-state index >= 15 is 0 Å². The molecule has 0 bridgehead atoms. The van der Waals surface area contributed by atoms with E-state index in [9.17, 15) is 9.59 Å². The Morgan fingerprint density at radius 2 is 1.10 bits per heavy atom. The fourth-order valence-electron chi connectivity index (χ4n) is 2.90. The molecular weight excluding hydrogens is 252 g/mol. The molecule has 2 aliphatic rings. The summed E-state index contributed by atoms with van der Waals surface area (Å²) < 4.78 is 0. The van der Waals surface area contributed by atoms with Crippen molar-refractivity contribution in [2.24, 2.45) is 0 Å². The smallest absolute Gasteiger partial charge is 0.260 e. The molecule has 0 aromatic heterocycles. The first-order chi connectivity index (χ1) is 9.54. The van der Waals surface area contributed by atoms with Crippen molar-refractivity contribution in [1.82, 2.24) is 9.80 Å². The molecule has 0 aromatic carbocycles.